The molecule has 6 nitrogen and oxygen atoms in total. The van der Waals surface area contributed by atoms with Crippen molar-refractivity contribution >= 4 is 11.9 Å². The highest BCUT2D eigenvalue weighted by Gasteiger charge is 2.34. The standard InChI is InChI=1S/C12H22N2O4/c1-17-11(15)9(13)7-3-5-8(6-4-7)10(14)12(16)18-2/h7-10H,3-6,13-14H2,1-2H3. The third kappa shape index (κ3) is 3.43. The van der Waals surface area contributed by atoms with Gasteiger partial charge in [0.25, 0.3) is 0 Å². The molecule has 0 heterocycles. The Hall–Kier alpha value is -1.14. The summed E-state index contributed by atoms with van der Waals surface area (Å²) in [6.07, 6.45) is 3.13. The van der Waals surface area contributed by atoms with Gasteiger partial charge in [-0.15, -0.1) is 0 Å². The third-order valence-corrected chi connectivity index (χ3v) is 3.78. The van der Waals surface area contributed by atoms with Crippen molar-refractivity contribution in [1.82, 2.24) is 0 Å². The molecule has 1 saturated carbocycles. The van der Waals surface area contributed by atoms with Crippen molar-refractivity contribution in [1.29, 1.82) is 0 Å². The van der Waals surface area contributed by atoms with Gasteiger partial charge in [-0.25, -0.2) is 0 Å². The van der Waals surface area contributed by atoms with Gasteiger partial charge in [-0.3, -0.25) is 9.59 Å². The molecule has 104 valence electrons. The molecular formula is C12H22N2O4. The maximum atomic E-state index is 11.3. The molecule has 0 bridgehead atoms. The van der Waals surface area contributed by atoms with E-state index in [1.165, 1.54) is 14.2 Å². The largest absolute Gasteiger partial charge is 0.468 e. The zero-order chi connectivity index (χ0) is 13.7. The van der Waals surface area contributed by atoms with Gasteiger partial charge in [0, 0.05) is 0 Å². The maximum absolute atomic E-state index is 11.3. The van der Waals surface area contributed by atoms with Gasteiger partial charge in [0.2, 0.25) is 0 Å². The minimum Gasteiger partial charge on any atom is -0.468 e. The smallest absolute Gasteiger partial charge is 0.322 e. The van der Waals surface area contributed by atoms with E-state index in [2.05, 4.69) is 9.47 Å². The Kier molecular flexibility index (Phi) is 5.55. The topological polar surface area (TPSA) is 105 Å². The molecule has 1 aliphatic carbocycles. The number of esters is 2. The molecule has 2 atom stereocenters. The van der Waals surface area contributed by atoms with Crippen LogP contribution in [0.3, 0.4) is 0 Å². The fraction of sp³-hybridized carbons (Fsp3) is 0.833. The Morgan fingerprint density at radius 1 is 0.889 bits per heavy atom. The van der Waals surface area contributed by atoms with E-state index < -0.39 is 12.1 Å². The molecule has 1 fully saturated rings. The molecule has 2 unspecified atom stereocenters. The zero-order valence-corrected chi connectivity index (χ0v) is 10.9. The number of carbonyl (C=O) groups is 2. The number of hydrogen-bond donors (Lipinski definition) is 2. The average Bonchev–Trinajstić information content (AvgIpc) is 2.44. The minimum atomic E-state index is -0.578. The first-order valence-corrected chi connectivity index (χ1v) is 6.18. The van der Waals surface area contributed by atoms with E-state index in [0.29, 0.717) is 0 Å². The van der Waals surface area contributed by atoms with Gasteiger partial charge in [-0.1, -0.05) is 0 Å². The first kappa shape index (κ1) is 14.9. The van der Waals surface area contributed by atoms with E-state index in [4.69, 9.17) is 11.5 Å². The number of methoxy groups -OCH3 is 2. The second-order valence-electron chi connectivity index (χ2n) is 4.77. The third-order valence-electron chi connectivity index (χ3n) is 3.78. The van der Waals surface area contributed by atoms with Crippen LogP contribution in [0.15, 0.2) is 0 Å². The van der Waals surface area contributed by atoms with Crippen molar-refractivity contribution in [2.24, 2.45) is 23.3 Å². The van der Waals surface area contributed by atoms with Crippen molar-refractivity contribution in [3.63, 3.8) is 0 Å². The van der Waals surface area contributed by atoms with Crippen LogP contribution in [-0.2, 0) is 19.1 Å². The Bertz CT molecular complexity index is 270. The lowest BCUT2D eigenvalue weighted by Crippen LogP contribution is -2.44. The van der Waals surface area contributed by atoms with Crippen LogP contribution in [0.4, 0.5) is 0 Å². The van der Waals surface area contributed by atoms with Crippen LogP contribution in [0.2, 0.25) is 0 Å². The SMILES string of the molecule is COC(=O)C(N)C1CCC(C(N)C(=O)OC)CC1. The Morgan fingerprint density at radius 3 is 1.39 bits per heavy atom. The molecule has 4 N–H and O–H groups in total. The average molecular weight is 258 g/mol. The Morgan fingerprint density at radius 2 is 1.17 bits per heavy atom. The van der Waals surface area contributed by atoms with Gasteiger partial charge in [-0.05, 0) is 37.5 Å². The van der Waals surface area contributed by atoms with E-state index >= 15 is 0 Å². The molecule has 0 aliphatic heterocycles. The molecular weight excluding hydrogens is 236 g/mol. The number of ether oxygens (including phenoxy) is 2. The summed E-state index contributed by atoms with van der Waals surface area (Å²) in [6.45, 7) is 0. The summed E-state index contributed by atoms with van der Waals surface area (Å²) in [5.41, 5.74) is 11.6. The summed E-state index contributed by atoms with van der Waals surface area (Å²) in [5, 5.41) is 0. The molecule has 1 rings (SSSR count). The van der Waals surface area contributed by atoms with Crippen molar-refractivity contribution in [3.05, 3.63) is 0 Å². The number of rotatable bonds is 4. The molecule has 0 radical (unpaired) electrons. The molecule has 6 heteroatoms. The monoisotopic (exact) mass is 258 g/mol. The summed E-state index contributed by atoms with van der Waals surface area (Å²) in [7, 11) is 2.67. The van der Waals surface area contributed by atoms with E-state index in [1.807, 2.05) is 0 Å². The van der Waals surface area contributed by atoms with Crippen LogP contribution in [0.25, 0.3) is 0 Å². The summed E-state index contributed by atoms with van der Waals surface area (Å²) in [6, 6.07) is -1.16. The number of hydrogen-bond acceptors (Lipinski definition) is 6. The van der Waals surface area contributed by atoms with E-state index in [-0.39, 0.29) is 23.8 Å². The lowest BCUT2D eigenvalue weighted by molar-refractivity contribution is -0.146. The molecule has 0 saturated heterocycles. The zero-order valence-electron chi connectivity index (χ0n) is 10.9. The maximum Gasteiger partial charge on any atom is 0.322 e. The molecule has 0 spiro atoms. The predicted molar refractivity (Wildman–Crippen MR) is 65.4 cm³/mol. The van der Waals surface area contributed by atoms with Crippen molar-refractivity contribution < 1.29 is 19.1 Å². The Labute approximate surface area is 107 Å². The molecule has 18 heavy (non-hydrogen) atoms. The summed E-state index contributed by atoms with van der Waals surface area (Å²) < 4.78 is 9.26. The Balaban J connectivity index is 2.46. The van der Waals surface area contributed by atoms with Gasteiger partial charge in [0.1, 0.15) is 12.1 Å². The summed E-state index contributed by atoms with van der Waals surface area (Å²) >= 11 is 0. The highest BCUT2D eigenvalue weighted by molar-refractivity contribution is 5.76. The van der Waals surface area contributed by atoms with Crippen LogP contribution < -0.4 is 11.5 Å². The van der Waals surface area contributed by atoms with Crippen molar-refractivity contribution in [2.45, 2.75) is 37.8 Å². The number of nitrogens with two attached hydrogens (primary N) is 2. The lowest BCUT2D eigenvalue weighted by atomic mass is 9.76. The number of carbonyl (C=O) groups excluding carboxylic acids is 2. The summed E-state index contributed by atoms with van der Waals surface area (Å²) in [5.74, 6) is -0.538. The quantitative estimate of drug-likeness (QED) is 0.676. The first-order chi connectivity index (χ1) is 8.51. The fourth-order valence-electron chi connectivity index (χ4n) is 2.52. The van der Waals surface area contributed by atoms with Gasteiger partial charge in [0.05, 0.1) is 14.2 Å². The van der Waals surface area contributed by atoms with E-state index in [9.17, 15) is 9.59 Å². The second-order valence-corrected chi connectivity index (χ2v) is 4.77. The highest BCUT2D eigenvalue weighted by Crippen LogP contribution is 2.32. The van der Waals surface area contributed by atoms with Crippen LogP contribution in [-0.4, -0.2) is 38.2 Å². The molecule has 1 aliphatic rings. The minimum absolute atomic E-state index is 0.110. The molecule has 0 amide bonds. The van der Waals surface area contributed by atoms with Crippen LogP contribution in [0, 0.1) is 11.8 Å². The van der Waals surface area contributed by atoms with Crippen molar-refractivity contribution in [2.75, 3.05) is 14.2 Å². The highest BCUT2D eigenvalue weighted by atomic mass is 16.5. The van der Waals surface area contributed by atoms with Gasteiger partial charge in [0.15, 0.2) is 0 Å². The second kappa shape index (κ2) is 6.70. The van der Waals surface area contributed by atoms with E-state index in [0.717, 1.165) is 25.7 Å². The lowest BCUT2D eigenvalue weighted by Gasteiger charge is -2.32. The predicted octanol–water partition coefficient (Wildman–Crippen LogP) is -0.207. The first-order valence-electron chi connectivity index (χ1n) is 6.18. The van der Waals surface area contributed by atoms with Gasteiger partial charge < -0.3 is 20.9 Å². The summed E-state index contributed by atoms with van der Waals surface area (Å²) in [4.78, 5) is 22.7. The van der Waals surface area contributed by atoms with Crippen LogP contribution in [0.5, 0.6) is 0 Å². The van der Waals surface area contributed by atoms with Gasteiger partial charge >= 0.3 is 11.9 Å². The molecule has 0 aromatic rings. The normalized spacial score (nSPS) is 27.1. The van der Waals surface area contributed by atoms with Crippen LogP contribution in [0.1, 0.15) is 25.7 Å². The molecule has 0 aromatic carbocycles. The fourth-order valence-corrected chi connectivity index (χ4v) is 2.52. The van der Waals surface area contributed by atoms with Crippen LogP contribution >= 0.6 is 0 Å². The molecule has 0 aromatic heterocycles. The van der Waals surface area contributed by atoms with Gasteiger partial charge in [-0.2, -0.15) is 0 Å². The van der Waals surface area contributed by atoms with Crippen molar-refractivity contribution in [3.8, 4) is 0 Å². The van der Waals surface area contributed by atoms with E-state index in [1.54, 1.807) is 0 Å².